The Hall–Kier alpha value is -6.05. The zero-order valence-corrected chi connectivity index (χ0v) is 26.4. The smallest absolute Gasteiger partial charge is 0.300 e. The molecule has 0 radical (unpaired) electrons. The van der Waals surface area contributed by atoms with Crippen molar-refractivity contribution in [3.8, 4) is 0 Å². The molecule has 0 aromatic heterocycles. The summed E-state index contributed by atoms with van der Waals surface area (Å²) in [6.07, 6.45) is 0. The summed E-state index contributed by atoms with van der Waals surface area (Å²) in [5, 5.41) is 12.4. The Balaban J connectivity index is 1.69. The third-order valence-electron chi connectivity index (χ3n) is 8.63. The fraction of sp³-hybridized carbons (Fsp3) is 0.0500. The van der Waals surface area contributed by atoms with Crippen molar-refractivity contribution in [2.45, 2.75) is 12.5 Å². The van der Waals surface area contributed by atoms with Gasteiger partial charge in [-0.05, 0) is 48.9 Å². The van der Waals surface area contributed by atoms with E-state index < -0.39 is 40.3 Å². The van der Waals surface area contributed by atoms with Crippen molar-refractivity contribution >= 4 is 57.8 Å². The van der Waals surface area contributed by atoms with Crippen LogP contribution in [0.2, 0.25) is 5.02 Å². The molecule has 48 heavy (non-hydrogen) atoms. The van der Waals surface area contributed by atoms with Gasteiger partial charge in [0.15, 0.2) is 11.3 Å². The van der Waals surface area contributed by atoms with Crippen molar-refractivity contribution < 1.29 is 24.3 Å². The van der Waals surface area contributed by atoms with Gasteiger partial charge in [-0.15, -0.1) is 0 Å². The van der Waals surface area contributed by atoms with E-state index in [1.165, 1.54) is 29.2 Å². The highest BCUT2D eigenvalue weighted by Crippen LogP contribution is 2.54. The number of Topliss-reactive ketones (excluding diaryl/α,β-unsaturated/α-hetero) is 2. The fourth-order valence-corrected chi connectivity index (χ4v) is 6.59. The number of aryl methyl sites for hydroxylation is 1. The molecule has 7 nitrogen and oxygen atoms in total. The van der Waals surface area contributed by atoms with Gasteiger partial charge >= 0.3 is 5.91 Å². The number of aliphatic hydroxyl groups is 1. The molecular weight excluding hydrogens is 624 g/mol. The molecule has 1 fully saturated rings. The predicted octanol–water partition coefficient (Wildman–Crippen LogP) is 7.61. The fourth-order valence-electron chi connectivity index (χ4n) is 6.47. The van der Waals surface area contributed by atoms with Crippen LogP contribution in [0.5, 0.6) is 0 Å². The number of anilines is 2. The molecule has 5 aromatic rings. The SMILES string of the molecule is Cc1ccc(N2C(=O)C3(C(C(=O)c4ccccc4)=C2c2ccccc2)/C(=C(\O)c2ccccc2)C(=O)C(=O)N3c2ccc(Cl)cc2)cc1. The molecule has 2 heterocycles. The Kier molecular flexibility index (Phi) is 7.62. The number of aliphatic hydroxyl groups excluding tert-OH is 1. The second-order valence-corrected chi connectivity index (χ2v) is 11.9. The lowest BCUT2D eigenvalue weighted by Crippen LogP contribution is -2.56. The average molecular weight is 651 g/mol. The summed E-state index contributed by atoms with van der Waals surface area (Å²) in [5.41, 5.74) is -0.534. The van der Waals surface area contributed by atoms with Crippen LogP contribution in [0.1, 0.15) is 27.0 Å². The van der Waals surface area contributed by atoms with Crippen molar-refractivity contribution in [3.63, 3.8) is 0 Å². The molecule has 0 bridgehead atoms. The Morgan fingerprint density at radius 2 is 1.19 bits per heavy atom. The highest BCUT2D eigenvalue weighted by Gasteiger charge is 2.70. The molecule has 2 aliphatic heterocycles. The maximum Gasteiger partial charge on any atom is 0.300 e. The number of ketones is 2. The number of nitrogens with zero attached hydrogens (tertiary/aromatic N) is 2. The van der Waals surface area contributed by atoms with Crippen molar-refractivity contribution in [1.82, 2.24) is 0 Å². The topological polar surface area (TPSA) is 95.0 Å². The number of hydrogen-bond donors (Lipinski definition) is 1. The van der Waals surface area contributed by atoms with Crippen molar-refractivity contribution in [1.29, 1.82) is 0 Å². The Morgan fingerprint density at radius 3 is 1.77 bits per heavy atom. The van der Waals surface area contributed by atoms with Crippen molar-refractivity contribution in [2.24, 2.45) is 0 Å². The molecule has 1 N–H and O–H groups in total. The standard InChI is InChI=1S/C40H27ClN2O5/c1-25-17-21-30(22-18-25)42-34(26-11-5-2-6-12-26)32(35(44)27-13-7-3-8-14-27)40(39(42)48)33(36(45)28-15-9-4-10-16-28)37(46)38(47)43(40)31-23-19-29(41)20-24-31/h2-24,45H,1H3/b36-33-. The summed E-state index contributed by atoms with van der Waals surface area (Å²) in [7, 11) is 0. The molecule has 1 saturated heterocycles. The van der Waals surface area contributed by atoms with Crippen LogP contribution in [0, 0.1) is 6.92 Å². The van der Waals surface area contributed by atoms with Gasteiger partial charge in [0, 0.05) is 27.5 Å². The van der Waals surface area contributed by atoms with Crippen LogP contribution in [0.3, 0.4) is 0 Å². The summed E-state index contributed by atoms with van der Waals surface area (Å²) in [4.78, 5) is 61.9. The number of hydrogen-bond acceptors (Lipinski definition) is 5. The molecule has 5 aromatic carbocycles. The van der Waals surface area contributed by atoms with Gasteiger partial charge in [-0.2, -0.15) is 0 Å². The summed E-state index contributed by atoms with van der Waals surface area (Å²) in [6.45, 7) is 1.91. The third kappa shape index (κ3) is 4.67. The van der Waals surface area contributed by atoms with E-state index in [1.807, 2.05) is 19.1 Å². The Labute approximate surface area is 281 Å². The van der Waals surface area contributed by atoms with E-state index in [1.54, 1.807) is 103 Å². The van der Waals surface area contributed by atoms with Crippen LogP contribution >= 0.6 is 11.6 Å². The van der Waals surface area contributed by atoms with Gasteiger partial charge in [-0.25, -0.2) is 0 Å². The van der Waals surface area contributed by atoms with Crippen LogP contribution in [0.15, 0.2) is 151 Å². The first-order valence-electron chi connectivity index (χ1n) is 15.2. The van der Waals surface area contributed by atoms with Gasteiger partial charge in [-0.3, -0.25) is 29.0 Å². The van der Waals surface area contributed by atoms with Crippen LogP contribution in [0.25, 0.3) is 11.5 Å². The first-order chi connectivity index (χ1) is 23.2. The van der Waals surface area contributed by atoms with Crippen LogP contribution in [-0.4, -0.2) is 34.0 Å². The minimum Gasteiger partial charge on any atom is -0.507 e. The van der Waals surface area contributed by atoms with Gasteiger partial charge < -0.3 is 5.11 Å². The Morgan fingerprint density at radius 1 is 0.667 bits per heavy atom. The molecule has 1 spiro atoms. The van der Waals surface area contributed by atoms with Crippen molar-refractivity contribution in [3.05, 3.63) is 178 Å². The second-order valence-electron chi connectivity index (χ2n) is 11.5. The molecule has 0 aliphatic carbocycles. The number of rotatable bonds is 6. The number of carbonyl (C=O) groups is 4. The lowest BCUT2D eigenvalue weighted by Gasteiger charge is -2.35. The highest BCUT2D eigenvalue weighted by molar-refractivity contribution is 6.57. The largest absolute Gasteiger partial charge is 0.507 e. The molecule has 0 saturated carbocycles. The second kappa shape index (κ2) is 12.0. The zero-order chi connectivity index (χ0) is 33.6. The Bertz CT molecular complexity index is 2160. The van der Waals surface area contributed by atoms with E-state index in [4.69, 9.17) is 11.6 Å². The number of benzene rings is 5. The minimum atomic E-state index is -2.43. The number of halogens is 1. The highest BCUT2D eigenvalue weighted by atomic mass is 35.5. The molecule has 1 atom stereocenters. The van der Waals surface area contributed by atoms with Gasteiger partial charge in [0.05, 0.1) is 16.8 Å². The minimum absolute atomic E-state index is 0.137. The first-order valence-corrected chi connectivity index (χ1v) is 15.6. The van der Waals surface area contributed by atoms with Crippen LogP contribution < -0.4 is 9.80 Å². The summed E-state index contributed by atoms with van der Waals surface area (Å²) in [5.74, 6) is -4.17. The molecule has 1 unspecified atom stereocenters. The normalized spacial score (nSPS) is 18.7. The van der Waals surface area contributed by atoms with Gasteiger partial charge in [0.1, 0.15) is 5.76 Å². The summed E-state index contributed by atoms with van der Waals surface area (Å²) in [6, 6.07) is 38.6. The summed E-state index contributed by atoms with van der Waals surface area (Å²) < 4.78 is 0. The first kappa shape index (κ1) is 30.6. The van der Waals surface area contributed by atoms with Gasteiger partial charge in [0.25, 0.3) is 11.7 Å². The maximum atomic E-state index is 15.6. The van der Waals surface area contributed by atoms with Crippen LogP contribution in [-0.2, 0) is 14.4 Å². The van der Waals surface area contributed by atoms with E-state index in [9.17, 15) is 14.7 Å². The zero-order valence-electron chi connectivity index (χ0n) is 25.6. The lowest BCUT2D eigenvalue weighted by molar-refractivity contribution is -0.132. The molecule has 2 amide bonds. The molecule has 8 heteroatoms. The van der Waals surface area contributed by atoms with E-state index in [-0.39, 0.29) is 28.1 Å². The van der Waals surface area contributed by atoms with Crippen molar-refractivity contribution in [2.75, 3.05) is 9.80 Å². The van der Waals surface area contributed by atoms with E-state index >= 15 is 9.59 Å². The third-order valence-corrected chi connectivity index (χ3v) is 8.88. The summed E-state index contributed by atoms with van der Waals surface area (Å²) >= 11 is 6.24. The quantitative estimate of drug-likeness (QED) is 0.0883. The molecule has 2 aliphatic rings. The van der Waals surface area contributed by atoms with E-state index in [0.29, 0.717) is 16.3 Å². The van der Waals surface area contributed by atoms with Gasteiger partial charge in [0.2, 0.25) is 0 Å². The monoisotopic (exact) mass is 650 g/mol. The average Bonchev–Trinajstić information content (AvgIpc) is 3.52. The lowest BCUT2D eigenvalue weighted by atomic mass is 9.77. The molecule has 234 valence electrons. The molecular formula is C40H27ClN2O5. The predicted molar refractivity (Wildman–Crippen MR) is 185 cm³/mol. The number of carbonyl (C=O) groups excluding carboxylic acids is 4. The van der Waals surface area contributed by atoms with Gasteiger partial charge in [-0.1, -0.05) is 120 Å². The maximum absolute atomic E-state index is 15.6. The van der Waals surface area contributed by atoms with E-state index in [2.05, 4.69) is 0 Å². The molecule has 7 rings (SSSR count). The number of amides is 2. The van der Waals surface area contributed by atoms with E-state index in [0.717, 1.165) is 10.5 Å². The van der Waals surface area contributed by atoms with Crippen LogP contribution in [0.4, 0.5) is 11.4 Å².